The van der Waals surface area contributed by atoms with Crippen LogP contribution in [0.1, 0.15) is 28.1 Å². The van der Waals surface area contributed by atoms with E-state index < -0.39 is 10.0 Å². The number of piperidine rings is 1. The van der Waals surface area contributed by atoms with Crippen LogP contribution in [0.5, 0.6) is 0 Å². The zero-order chi connectivity index (χ0) is 17.9. The predicted octanol–water partition coefficient (Wildman–Crippen LogP) is 1.79. The molecule has 3 rings (SSSR count). The molecular formula is C17H21N3O3S2. The van der Waals surface area contributed by atoms with Crippen molar-refractivity contribution in [3.8, 4) is 0 Å². The summed E-state index contributed by atoms with van der Waals surface area (Å²) in [5.74, 6) is -0.191. The van der Waals surface area contributed by atoms with Crippen LogP contribution in [-0.2, 0) is 16.6 Å². The Labute approximate surface area is 151 Å². The fraction of sp³-hybridized carbons (Fsp3) is 0.353. The number of hydrogen-bond donors (Lipinski definition) is 2. The van der Waals surface area contributed by atoms with Gasteiger partial charge < -0.3 is 5.32 Å². The van der Waals surface area contributed by atoms with Gasteiger partial charge in [-0.2, -0.15) is 0 Å². The fourth-order valence-electron chi connectivity index (χ4n) is 3.00. The molecule has 1 aliphatic heterocycles. The Balaban J connectivity index is 1.58. The van der Waals surface area contributed by atoms with Crippen molar-refractivity contribution >= 4 is 27.3 Å². The van der Waals surface area contributed by atoms with Crippen molar-refractivity contribution in [3.63, 3.8) is 0 Å². The molecule has 6 nitrogen and oxygen atoms in total. The van der Waals surface area contributed by atoms with Crippen molar-refractivity contribution in [2.24, 2.45) is 5.14 Å². The minimum atomic E-state index is -3.74. The number of thiophene rings is 1. The monoisotopic (exact) mass is 379 g/mol. The van der Waals surface area contributed by atoms with Gasteiger partial charge in [0.1, 0.15) is 0 Å². The van der Waals surface area contributed by atoms with E-state index in [1.54, 1.807) is 11.3 Å². The van der Waals surface area contributed by atoms with Crippen molar-refractivity contribution in [2.75, 3.05) is 13.1 Å². The number of sulfonamides is 1. The number of amides is 1. The highest BCUT2D eigenvalue weighted by atomic mass is 32.2. The Morgan fingerprint density at radius 2 is 2.04 bits per heavy atom. The molecule has 1 aromatic heterocycles. The first-order chi connectivity index (χ1) is 11.9. The van der Waals surface area contributed by atoms with Gasteiger partial charge in [-0.05, 0) is 55.1 Å². The molecule has 3 N–H and O–H groups in total. The van der Waals surface area contributed by atoms with E-state index in [0.29, 0.717) is 5.56 Å². The van der Waals surface area contributed by atoms with Crippen LogP contribution in [0, 0.1) is 0 Å². The van der Waals surface area contributed by atoms with Crippen LogP contribution < -0.4 is 10.5 Å². The second-order valence-corrected chi connectivity index (χ2v) is 8.79. The van der Waals surface area contributed by atoms with Crippen LogP contribution >= 0.6 is 11.3 Å². The van der Waals surface area contributed by atoms with Gasteiger partial charge in [-0.15, -0.1) is 11.3 Å². The van der Waals surface area contributed by atoms with Gasteiger partial charge in [0.15, 0.2) is 0 Å². The van der Waals surface area contributed by atoms with Gasteiger partial charge in [0.2, 0.25) is 10.0 Å². The Hall–Kier alpha value is -1.74. The highest BCUT2D eigenvalue weighted by molar-refractivity contribution is 7.89. The van der Waals surface area contributed by atoms with Gasteiger partial charge >= 0.3 is 0 Å². The number of benzene rings is 1. The largest absolute Gasteiger partial charge is 0.348 e. The van der Waals surface area contributed by atoms with Crippen molar-refractivity contribution in [1.82, 2.24) is 10.2 Å². The Morgan fingerprint density at radius 3 is 2.68 bits per heavy atom. The fourth-order valence-corrected chi connectivity index (χ4v) is 4.27. The van der Waals surface area contributed by atoms with Gasteiger partial charge in [-0.3, -0.25) is 9.69 Å². The van der Waals surface area contributed by atoms with Gasteiger partial charge in [-0.25, -0.2) is 13.6 Å². The molecule has 1 aromatic carbocycles. The van der Waals surface area contributed by atoms with E-state index in [1.165, 1.54) is 29.1 Å². The van der Waals surface area contributed by atoms with Gasteiger partial charge in [0, 0.05) is 29.6 Å². The molecule has 25 heavy (non-hydrogen) atoms. The summed E-state index contributed by atoms with van der Waals surface area (Å²) in [6.45, 7) is 2.76. The highest BCUT2D eigenvalue weighted by Gasteiger charge is 2.22. The van der Waals surface area contributed by atoms with E-state index in [0.717, 1.165) is 32.5 Å². The molecule has 1 atom stereocenters. The molecule has 2 heterocycles. The Morgan fingerprint density at radius 1 is 1.28 bits per heavy atom. The first kappa shape index (κ1) is 18.1. The number of nitrogens with two attached hydrogens (primary N) is 1. The normalized spacial score (nSPS) is 18.8. The number of nitrogens with one attached hydrogen (secondary N) is 1. The number of hydrogen-bond acceptors (Lipinski definition) is 5. The van der Waals surface area contributed by atoms with Crippen LogP contribution in [-0.4, -0.2) is 38.4 Å². The summed E-state index contributed by atoms with van der Waals surface area (Å²) in [5.41, 5.74) is 0.433. The van der Waals surface area contributed by atoms with E-state index >= 15 is 0 Å². The average molecular weight is 380 g/mol. The van der Waals surface area contributed by atoms with E-state index in [4.69, 9.17) is 5.14 Å². The average Bonchev–Trinajstić information content (AvgIpc) is 3.07. The first-order valence-electron chi connectivity index (χ1n) is 8.10. The molecule has 1 aliphatic rings. The van der Waals surface area contributed by atoms with Gasteiger partial charge in [-0.1, -0.05) is 6.07 Å². The van der Waals surface area contributed by atoms with Crippen molar-refractivity contribution in [2.45, 2.75) is 30.3 Å². The lowest BCUT2D eigenvalue weighted by Crippen LogP contribution is -2.47. The van der Waals surface area contributed by atoms with E-state index in [-0.39, 0.29) is 16.8 Å². The molecule has 0 unspecified atom stereocenters. The molecule has 8 heteroatoms. The lowest BCUT2D eigenvalue weighted by Gasteiger charge is -2.32. The second-order valence-electron chi connectivity index (χ2n) is 6.20. The molecular weight excluding hydrogens is 358 g/mol. The number of primary sulfonamides is 1. The maximum atomic E-state index is 12.4. The lowest BCUT2D eigenvalue weighted by molar-refractivity contribution is 0.0901. The summed E-state index contributed by atoms with van der Waals surface area (Å²) in [5, 5.41) is 10.2. The standard InChI is InChI=1S/C17H21N3O3S2/c18-25(22,23)16-7-5-13(6-8-16)17(21)19-14-3-1-9-20(11-14)12-15-4-2-10-24-15/h2,4-8,10,14H,1,3,9,11-12H2,(H,19,21)(H2,18,22,23)/t14-/m0/s1. The SMILES string of the molecule is NS(=O)(=O)c1ccc(C(=O)N[C@H]2CCCN(Cc3cccs3)C2)cc1. The maximum absolute atomic E-state index is 12.4. The third-order valence-electron chi connectivity index (χ3n) is 4.25. The molecule has 0 saturated carbocycles. The Bertz CT molecular complexity index is 817. The van der Waals surface area contributed by atoms with Crippen LogP contribution in [0.3, 0.4) is 0 Å². The molecule has 0 bridgehead atoms. The van der Waals surface area contributed by atoms with Crippen molar-refractivity contribution in [1.29, 1.82) is 0 Å². The minimum absolute atomic E-state index is 0.00355. The number of carbonyl (C=O) groups excluding carboxylic acids is 1. The number of nitrogens with zero attached hydrogens (tertiary/aromatic N) is 1. The molecule has 2 aromatic rings. The third-order valence-corrected chi connectivity index (χ3v) is 6.04. The summed E-state index contributed by atoms with van der Waals surface area (Å²) in [6, 6.07) is 9.96. The summed E-state index contributed by atoms with van der Waals surface area (Å²) >= 11 is 1.74. The zero-order valence-corrected chi connectivity index (χ0v) is 15.4. The van der Waals surface area contributed by atoms with Crippen LogP contribution in [0.15, 0.2) is 46.7 Å². The van der Waals surface area contributed by atoms with Crippen LogP contribution in [0.4, 0.5) is 0 Å². The smallest absolute Gasteiger partial charge is 0.251 e. The molecule has 1 saturated heterocycles. The highest BCUT2D eigenvalue weighted by Crippen LogP contribution is 2.17. The maximum Gasteiger partial charge on any atom is 0.251 e. The third kappa shape index (κ3) is 4.88. The number of likely N-dealkylation sites (tertiary alicyclic amines) is 1. The number of carbonyl (C=O) groups is 1. The Kier molecular flexibility index (Phi) is 5.53. The van der Waals surface area contributed by atoms with Crippen LogP contribution in [0.25, 0.3) is 0 Å². The van der Waals surface area contributed by atoms with E-state index in [2.05, 4.69) is 27.7 Å². The molecule has 134 valence electrons. The van der Waals surface area contributed by atoms with Crippen molar-refractivity contribution < 1.29 is 13.2 Å². The van der Waals surface area contributed by atoms with Crippen LogP contribution in [0.2, 0.25) is 0 Å². The molecule has 0 aliphatic carbocycles. The molecule has 1 amide bonds. The molecule has 0 spiro atoms. The van der Waals surface area contributed by atoms with E-state index in [1.807, 2.05) is 0 Å². The van der Waals surface area contributed by atoms with Gasteiger partial charge in [0.25, 0.3) is 5.91 Å². The lowest BCUT2D eigenvalue weighted by atomic mass is 10.0. The molecule has 1 fully saturated rings. The second kappa shape index (κ2) is 7.65. The summed E-state index contributed by atoms with van der Waals surface area (Å²) in [6.07, 6.45) is 1.99. The quantitative estimate of drug-likeness (QED) is 0.828. The zero-order valence-electron chi connectivity index (χ0n) is 13.7. The summed E-state index contributed by atoms with van der Waals surface area (Å²) in [4.78, 5) is 16.1. The summed E-state index contributed by atoms with van der Waals surface area (Å²) in [7, 11) is -3.74. The minimum Gasteiger partial charge on any atom is -0.348 e. The van der Waals surface area contributed by atoms with Crippen molar-refractivity contribution in [3.05, 3.63) is 52.2 Å². The molecule has 0 radical (unpaired) electrons. The first-order valence-corrected chi connectivity index (χ1v) is 10.5. The predicted molar refractivity (Wildman–Crippen MR) is 97.9 cm³/mol. The number of rotatable bonds is 5. The summed E-state index contributed by atoms with van der Waals surface area (Å²) < 4.78 is 22.5. The van der Waals surface area contributed by atoms with Gasteiger partial charge in [0.05, 0.1) is 4.90 Å². The van der Waals surface area contributed by atoms with E-state index in [9.17, 15) is 13.2 Å². The topological polar surface area (TPSA) is 92.5 Å².